The summed E-state index contributed by atoms with van der Waals surface area (Å²) >= 11 is 0. The van der Waals surface area contributed by atoms with Crippen molar-refractivity contribution in [3.63, 3.8) is 0 Å². The first-order chi connectivity index (χ1) is 8.96. The number of fused-ring (bicyclic) bond motifs is 1. The van der Waals surface area contributed by atoms with Crippen LogP contribution in [0.1, 0.15) is 18.1 Å². The molecule has 19 heavy (non-hydrogen) atoms. The minimum atomic E-state index is -3.70. The highest BCUT2D eigenvalue weighted by molar-refractivity contribution is 5.80. The van der Waals surface area contributed by atoms with Crippen molar-refractivity contribution in [2.75, 3.05) is 19.8 Å². The fourth-order valence-corrected chi connectivity index (χ4v) is 1.86. The number of aryl methyl sites for hydroxylation is 1. The predicted molar refractivity (Wildman–Crippen MR) is 62.7 cm³/mol. The average Bonchev–Trinajstić information content (AvgIpc) is 2.38. The molecule has 0 aromatic heterocycles. The number of benzene rings is 1. The largest absolute Gasteiger partial charge is 0.486 e. The molecule has 0 atom stereocenters. The van der Waals surface area contributed by atoms with Crippen molar-refractivity contribution in [2.45, 2.75) is 19.8 Å². The third-order valence-corrected chi connectivity index (χ3v) is 2.76. The number of ether oxygens (including phenoxy) is 3. The number of carbonyl (C=O) groups is 1. The molecule has 4 nitrogen and oxygen atoms in total. The van der Waals surface area contributed by atoms with Crippen LogP contribution < -0.4 is 9.47 Å². The fraction of sp³-hybridized carbons (Fsp3) is 0.462. The van der Waals surface area contributed by atoms with E-state index >= 15 is 0 Å². The van der Waals surface area contributed by atoms with Crippen LogP contribution in [0.4, 0.5) is 8.78 Å². The van der Waals surface area contributed by atoms with Gasteiger partial charge in [-0.25, -0.2) is 4.79 Å². The first-order valence-corrected chi connectivity index (χ1v) is 5.92. The van der Waals surface area contributed by atoms with Gasteiger partial charge in [0.15, 0.2) is 11.5 Å². The summed E-state index contributed by atoms with van der Waals surface area (Å²) in [6.45, 7) is 3.53. The van der Waals surface area contributed by atoms with Gasteiger partial charge in [0.05, 0.1) is 6.61 Å². The van der Waals surface area contributed by atoms with Gasteiger partial charge in [0.2, 0.25) is 0 Å². The number of esters is 1. The second-order valence-electron chi connectivity index (χ2n) is 4.11. The van der Waals surface area contributed by atoms with Crippen molar-refractivity contribution < 1.29 is 27.8 Å². The van der Waals surface area contributed by atoms with Crippen molar-refractivity contribution in [1.29, 1.82) is 0 Å². The Hall–Kier alpha value is -1.85. The van der Waals surface area contributed by atoms with Crippen molar-refractivity contribution in [3.8, 4) is 11.5 Å². The summed E-state index contributed by atoms with van der Waals surface area (Å²) in [5.74, 6) is -4.63. The smallest absolute Gasteiger partial charge is 0.381 e. The monoisotopic (exact) mass is 272 g/mol. The van der Waals surface area contributed by atoms with Gasteiger partial charge >= 0.3 is 11.9 Å². The maximum atomic E-state index is 14.0. The molecule has 0 N–H and O–H groups in total. The molecule has 6 heteroatoms. The SMILES string of the molecule is CCOC(=O)C(F)(F)c1cc2c(cc1C)OCCO2. The lowest BCUT2D eigenvalue weighted by molar-refractivity contribution is -0.173. The lowest BCUT2D eigenvalue weighted by Crippen LogP contribution is -2.29. The highest BCUT2D eigenvalue weighted by atomic mass is 19.3. The third kappa shape index (κ3) is 2.47. The molecule has 0 saturated heterocycles. The number of halogens is 2. The Morgan fingerprint density at radius 1 is 1.32 bits per heavy atom. The zero-order chi connectivity index (χ0) is 14.0. The maximum absolute atomic E-state index is 14.0. The number of rotatable bonds is 3. The normalized spacial score (nSPS) is 14.1. The fourth-order valence-electron chi connectivity index (χ4n) is 1.86. The van der Waals surface area contributed by atoms with Gasteiger partial charge in [0, 0.05) is 5.56 Å². The minimum absolute atomic E-state index is 0.0992. The number of alkyl halides is 2. The van der Waals surface area contributed by atoms with E-state index in [1.807, 2.05) is 0 Å². The van der Waals surface area contributed by atoms with E-state index in [0.717, 1.165) is 6.07 Å². The summed E-state index contributed by atoms with van der Waals surface area (Å²) in [5, 5.41) is 0. The zero-order valence-electron chi connectivity index (χ0n) is 10.7. The molecule has 104 valence electrons. The summed E-state index contributed by atoms with van der Waals surface area (Å²) < 4.78 is 42.9. The molecular weight excluding hydrogens is 258 g/mol. The summed E-state index contributed by atoms with van der Waals surface area (Å²) in [4.78, 5) is 11.3. The molecule has 1 aliphatic heterocycles. The van der Waals surface area contributed by atoms with Crippen LogP contribution in [0.5, 0.6) is 11.5 Å². The summed E-state index contributed by atoms with van der Waals surface area (Å²) in [6, 6.07) is 2.58. The highest BCUT2D eigenvalue weighted by Crippen LogP contribution is 2.39. The van der Waals surface area contributed by atoms with Crippen LogP contribution in [-0.2, 0) is 15.5 Å². The predicted octanol–water partition coefficient (Wildman–Crippen LogP) is 2.42. The standard InChI is InChI=1S/C13H14F2O4/c1-3-17-12(16)13(14,15)9-7-11-10(6-8(9)2)18-4-5-19-11/h6-7H,3-5H2,1-2H3. The lowest BCUT2D eigenvalue weighted by Gasteiger charge is -2.23. The summed E-state index contributed by atoms with van der Waals surface area (Å²) in [7, 11) is 0. The molecule has 1 heterocycles. The Bertz CT molecular complexity index is 500. The molecule has 0 saturated carbocycles. The summed E-state index contributed by atoms with van der Waals surface area (Å²) in [5.41, 5.74) is -0.169. The molecule has 0 fully saturated rings. The van der Waals surface area contributed by atoms with Crippen LogP contribution in [0, 0.1) is 6.92 Å². The Balaban J connectivity index is 2.41. The van der Waals surface area contributed by atoms with Crippen LogP contribution in [0.3, 0.4) is 0 Å². The van der Waals surface area contributed by atoms with E-state index < -0.39 is 17.5 Å². The van der Waals surface area contributed by atoms with Crippen LogP contribution in [0.15, 0.2) is 12.1 Å². The molecule has 0 amide bonds. The van der Waals surface area contributed by atoms with E-state index in [2.05, 4.69) is 4.74 Å². The molecule has 1 aliphatic rings. The van der Waals surface area contributed by atoms with E-state index in [1.54, 1.807) is 0 Å². The molecule has 1 aromatic rings. The highest BCUT2D eigenvalue weighted by Gasteiger charge is 2.44. The number of hydrogen-bond acceptors (Lipinski definition) is 4. The van der Waals surface area contributed by atoms with Crippen LogP contribution in [-0.4, -0.2) is 25.8 Å². The summed E-state index contributed by atoms with van der Waals surface area (Å²) in [6.07, 6.45) is 0. The van der Waals surface area contributed by atoms with E-state index in [0.29, 0.717) is 19.0 Å². The van der Waals surface area contributed by atoms with Gasteiger partial charge < -0.3 is 14.2 Å². The molecule has 0 radical (unpaired) electrons. The Morgan fingerprint density at radius 3 is 2.47 bits per heavy atom. The Labute approximate surface area is 109 Å². The van der Waals surface area contributed by atoms with Crippen LogP contribution in [0.25, 0.3) is 0 Å². The Morgan fingerprint density at radius 2 is 1.89 bits per heavy atom. The van der Waals surface area contributed by atoms with E-state index in [9.17, 15) is 13.6 Å². The topological polar surface area (TPSA) is 44.8 Å². The molecule has 0 bridgehead atoms. The van der Waals surface area contributed by atoms with Crippen molar-refractivity contribution >= 4 is 5.97 Å². The van der Waals surface area contributed by atoms with Gasteiger partial charge in [-0.2, -0.15) is 8.78 Å². The molecule has 0 aliphatic carbocycles. The van der Waals surface area contributed by atoms with Crippen LogP contribution >= 0.6 is 0 Å². The number of hydrogen-bond donors (Lipinski definition) is 0. The second-order valence-corrected chi connectivity index (χ2v) is 4.11. The minimum Gasteiger partial charge on any atom is -0.486 e. The first-order valence-electron chi connectivity index (χ1n) is 5.92. The van der Waals surface area contributed by atoms with Crippen LogP contribution in [0.2, 0.25) is 0 Å². The van der Waals surface area contributed by atoms with Crippen molar-refractivity contribution in [3.05, 3.63) is 23.3 Å². The number of carbonyl (C=O) groups excluding carboxylic acids is 1. The van der Waals surface area contributed by atoms with E-state index in [1.165, 1.54) is 19.9 Å². The Kier molecular flexibility index (Phi) is 3.59. The van der Waals surface area contributed by atoms with Gasteiger partial charge in [0.1, 0.15) is 13.2 Å². The molecule has 1 aromatic carbocycles. The maximum Gasteiger partial charge on any atom is 0.381 e. The van der Waals surface area contributed by atoms with Crippen molar-refractivity contribution in [2.24, 2.45) is 0 Å². The average molecular weight is 272 g/mol. The quantitative estimate of drug-likeness (QED) is 0.793. The lowest BCUT2D eigenvalue weighted by atomic mass is 10.0. The first kappa shape index (κ1) is 13.6. The second kappa shape index (κ2) is 5.03. The zero-order valence-corrected chi connectivity index (χ0v) is 10.7. The molecular formula is C13H14F2O4. The van der Waals surface area contributed by atoms with Gasteiger partial charge in [0.25, 0.3) is 0 Å². The van der Waals surface area contributed by atoms with E-state index in [4.69, 9.17) is 9.47 Å². The van der Waals surface area contributed by atoms with Crippen molar-refractivity contribution in [1.82, 2.24) is 0 Å². The third-order valence-electron chi connectivity index (χ3n) is 2.76. The van der Waals surface area contributed by atoms with E-state index in [-0.39, 0.29) is 17.9 Å². The molecule has 0 spiro atoms. The molecule has 2 rings (SSSR count). The van der Waals surface area contributed by atoms with Gasteiger partial charge in [-0.1, -0.05) is 0 Å². The van der Waals surface area contributed by atoms with Gasteiger partial charge in [-0.15, -0.1) is 0 Å². The molecule has 0 unspecified atom stereocenters. The van der Waals surface area contributed by atoms with Gasteiger partial charge in [-0.05, 0) is 31.5 Å². The van der Waals surface area contributed by atoms with Gasteiger partial charge in [-0.3, -0.25) is 0 Å².